The van der Waals surface area contributed by atoms with Crippen LogP contribution in [0.15, 0.2) is 72.0 Å². The van der Waals surface area contributed by atoms with E-state index in [-0.39, 0.29) is 0 Å². The van der Waals surface area contributed by atoms with Crippen LogP contribution in [0.3, 0.4) is 0 Å². The maximum Gasteiger partial charge on any atom is 0.355 e. The van der Waals surface area contributed by atoms with Gasteiger partial charge in [0, 0.05) is 23.8 Å². The highest BCUT2D eigenvalue weighted by molar-refractivity contribution is 8.00. The van der Waals surface area contributed by atoms with Crippen LogP contribution in [-0.2, 0) is 6.54 Å². The number of aliphatic hydroxyl groups excluding tert-OH is 1. The smallest absolute Gasteiger partial charge is 0.355 e. The topological polar surface area (TPSA) is 56.2 Å². The van der Waals surface area contributed by atoms with Gasteiger partial charge in [0.1, 0.15) is 6.20 Å². The number of piperidine rings is 1. The molecule has 6 heteroatoms. The average Bonchev–Trinajstić information content (AvgIpc) is 3.61. The summed E-state index contributed by atoms with van der Waals surface area (Å²) in [7, 11) is 1.00. The van der Waals surface area contributed by atoms with Crippen LogP contribution in [0, 0.1) is 0 Å². The fraction of sp³-hybridized carbons (Fsp3) is 0.357. The zero-order valence-electron chi connectivity index (χ0n) is 19.8. The summed E-state index contributed by atoms with van der Waals surface area (Å²) in [5.41, 5.74) is 7.04. The third kappa shape index (κ3) is 5.35. The van der Waals surface area contributed by atoms with Gasteiger partial charge in [-0.3, -0.25) is 4.90 Å². The SMILES string of the molecule is CO.c1cc(SC2CC2)cc(-c2c[nH][n+]3cc(-c4ccc(CN5CCCCC5)cc4)cnc23)c1. The minimum absolute atomic E-state index is 0.814. The Morgan fingerprint density at radius 2 is 1.79 bits per heavy atom. The van der Waals surface area contributed by atoms with Crippen LogP contribution in [0.5, 0.6) is 0 Å². The number of hydrogen-bond acceptors (Lipinski definition) is 4. The molecule has 0 amide bonds. The molecule has 1 aliphatic carbocycles. The number of aliphatic hydroxyl groups is 1. The lowest BCUT2D eigenvalue weighted by Crippen LogP contribution is -2.29. The van der Waals surface area contributed by atoms with Gasteiger partial charge >= 0.3 is 5.65 Å². The van der Waals surface area contributed by atoms with E-state index in [4.69, 9.17) is 10.1 Å². The summed E-state index contributed by atoms with van der Waals surface area (Å²) in [6, 6.07) is 17.8. The van der Waals surface area contributed by atoms with E-state index in [0.717, 1.165) is 35.7 Å². The lowest BCUT2D eigenvalue weighted by atomic mass is 10.1. The predicted molar refractivity (Wildman–Crippen MR) is 139 cm³/mol. The van der Waals surface area contributed by atoms with Crippen molar-refractivity contribution in [2.75, 3.05) is 20.2 Å². The van der Waals surface area contributed by atoms with Crippen LogP contribution in [0.4, 0.5) is 0 Å². The molecule has 0 unspecified atom stereocenters. The van der Waals surface area contributed by atoms with E-state index < -0.39 is 0 Å². The van der Waals surface area contributed by atoms with Crippen LogP contribution in [0.25, 0.3) is 27.9 Å². The van der Waals surface area contributed by atoms with Gasteiger partial charge in [0.05, 0.1) is 17.3 Å². The third-order valence-electron chi connectivity index (χ3n) is 6.53. The molecule has 2 aliphatic rings. The van der Waals surface area contributed by atoms with E-state index >= 15 is 0 Å². The zero-order chi connectivity index (χ0) is 23.3. The van der Waals surface area contributed by atoms with Gasteiger partial charge in [0.15, 0.2) is 6.20 Å². The van der Waals surface area contributed by atoms with Crippen molar-refractivity contribution < 1.29 is 9.62 Å². The van der Waals surface area contributed by atoms with Gasteiger partial charge in [0.25, 0.3) is 0 Å². The number of thioether (sulfide) groups is 1. The molecular weight excluding hydrogens is 440 g/mol. The van der Waals surface area contributed by atoms with E-state index in [2.05, 4.69) is 70.9 Å². The molecule has 0 atom stereocenters. The first-order chi connectivity index (χ1) is 16.8. The van der Waals surface area contributed by atoms with Gasteiger partial charge in [-0.2, -0.15) is 0 Å². The van der Waals surface area contributed by atoms with E-state index in [1.165, 1.54) is 66.8 Å². The molecule has 0 spiro atoms. The normalized spacial score (nSPS) is 16.3. The summed E-state index contributed by atoms with van der Waals surface area (Å²) in [6.07, 6.45) is 13.0. The van der Waals surface area contributed by atoms with Crippen LogP contribution in [0.2, 0.25) is 0 Å². The quantitative estimate of drug-likeness (QED) is 0.372. The first kappa shape index (κ1) is 23.1. The van der Waals surface area contributed by atoms with Crippen LogP contribution in [0.1, 0.15) is 37.7 Å². The fourth-order valence-electron chi connectivity index (χ4n) is 4.58. The number of nitrogens with one attached hydrogen (secondary N) is 1. The maximum absolute atomic E-state index is 7.00. The number of nitrogens with zero attached hydrogens (tertiary/aromatic N) is 3. The van der Waals surface area contributed by atoms with Crippen LogP contribution < -0.4 is 4.52 Å². The Kier molecular flexibility index (Phi) is 7.28. The molecule has 1 aliphatic heterocycles. The van der Waals surface area contributed by atoms with Crippen molar-refractivity contribution in [3.63, 3.8) is 0 Å². The lowest BCUT2D eigenvalue weighted by Gasteiger charge is -2.26. The highest BCUT2D eigenvalue weighted by Gasteiger charge is 2.23. The number of benzene rings is 2. The predicted octanol–water partition coefficient (Wildman–Crippen LogP) is 5.33. The molecule has 2 fully saturated rings. The number of fused-ring (bicyclic) bond motifs is 1. The molecule has 3 heterocycles. The molecule has 2 aromatic heterocycles. The second-order valence-corrected chi connectivity index (χ2v) is 10.5. The van der Waals surface area contributed by atoms with Crippen LogP contribution in [-0.4, -0.2) is 45.5 Å². The summed E-state index contributed by atoms with van der Waals surface area (Å²) in [4.78, 5) is 8.75. The first-order valence-electron chi connectivity index (χ1n) is 12.2. The van der Waals surface area contributed by atoms with E-state index in [1.54, 1.807) is 0 Å². The molecule has 34 heavy (non-hydrogen) atoms. The van der Waals surface area contributed by atoms with Gasteiger partial charge in [-0.05, 0) is 72.6 Å². The number of aromatic nitrogens is 3. The van der Waals surface area contributed by atoms with Crippen molar-refractivity contribution in [3.05, 3.63) is 72.7 Å². The van der Waals surface area contributed by atoms with E-state index in [1.807, 2.05) is 22.5 Å². The van der Waals surface area contributed by atoms with E-state index in [0.29, 0.717) is 0 Å². The molecule has 1 saturated heterocycles. The van der Waals surface area contributed by atoms with E-state index in [9.17, 15) is 0 Å². The Bertz CT molecular complexity index is 1230. The second-order valence-electron chi connectivity index (χ2n) is 9.10. The molecule has 176 valence electrons. The molecule has 5 nitrogen and oxygen atoms in total. The third-order valence-corrected chi connectivity index (χ3v) is 7.86. The number of hydrogen-bond donors (Lipinski definition) is 2. The lowest BCUT2D eigenvalue weighted by molar-refractivity contribution is -0.578. The van der Waals surface area contributed by atoms with Gasteiger partial charge in [-0.15, -0.1) is 16.3 Å². The molecule has 4 aromatic rings. The molecule has 6 rings (SSSR count). The molecular formula is C28H33N4OS+. The Labute approximate surface area is 205 Å². The standard InChI is InChI=1S/C27H28N4S.CH4O/c1-2-13-30(14-3-1)18-20-7-9-21(10-8-20)23-16-28-27-26(17-29-31(27)19-23)22-5-4-6-25(15-22)32-24-11-12-24;1-2/h4-10,15-17,19,24H,1-3,11-14,18H2;2H,1H3/p+1. The number of likely N-dealkylation sites (tertiary alicyclic amines) is 1. The number of aromatic amines is 1. The summed E-state index contributed by atoms with van der Waals surface area (Å²) in [5.74, 6) is 0. The fourth-order valence-corrected chi connectivity index (χ4v) is 5.69. The number of rotatable bonds is 6. The second kappa shape index (κ2) is 10.7. The largest absolute Gasteiger partial charge is 0.400 e. The molecule has 2 aromatic carbocycles. The van der Waals surface area contributed by atoms with Crippen molar-refractivity contribution in [1.29, 1.82) is 0 Å². The summed E-state index contributed by atoms with van der Waals surface area (Å²) < 4.78 is 2.03. The van der Waals surface area contributed by atoms with Crippen molar-refractivity contribution in [2.24, 2.45) is 0 Å². The highest BCUT2D eigenvalue weighted by atomic mass is 32.2. The highest BCUT2D eigenvalue weighted by Crippen LogP contribution is 2.40. The number of H-pyrrole nitrogens is 1. The van der Waals surface area contributed by atoms with Crippen molar-refractivity contribution >= 4 is 17.4 Å². The Hall–Kier alpha value is -2.67. The summed E-state index contributed by atoms with van der Waals surface area (Å²) >= 11 is 2.00. The molecule has 2 N–H and O–H groups in total. The van der Waals surface area contributed by atoms with Gasteiger partial charge in [0.2, 0.25) is 0 Å². The van der Waals surface area contributed by atoms with Crippen molar-refractivity contribution in [1.82, 2.24) is 15.0 Å². The Morgan fingerprint density at radius 1 is 1.00 bits per heavy atom. The molecule has 1 saturated carbocycles. The monoisotopic (exact) mass is 473 g/mol. The van der Waals surface area contributed by atoms with Crippen molar-refractivity contribution in [3.8, 4) is 22.3 Å². The van der Waals surface area contributed by atoms with Crippen LogP contribution >= 0.6 is 11.8 Å². The summed E-state index contributed by atoms with van der Waals surface area (Å²) in [6.45, 7) is 3.52. The van der Waals surface area contributed by atoms with Gasteiger partial charge in [-0.25, -0.2) is 5.10 Å². The average molecular weight is 474 g/mol. The Balaban J connectivity index is 0.00000117. The first-order valence-corrected chi connectivity index (χ1v) is 13.1. The van der Waals surface area contributed by atoms with Gasteiger partial charge < -0.3 is 5.11 Å². The summed E-state index contributed by atoms with van der Waals surface area (Å²) in [5, 5.41) is 11.2. The zero-order valence-corrected chi connectivity index (χ0v) is 20.6. The van der Waals surface area contributed by atoms with Crippen molar-refractivity contribution in [2.45, 2.75) is 48.8 Å². The maximum atomic E-state index is 7.00. The molecule has 0 radical (unpaired) electrons. The minimum Gasteiger partial charge on any atom is -0.400 e. The van der Waals surface area contributed by atoms with Gasteiger partial charge in [-0.1, -0.05) is 42.8 Å². The Morgan fingerprint density at radius 3 is 2.56 bits per heavy atom. The minimum atomic E-state index is 0.814. The molecule has 0 bridgehead atoms.